The molecule has 0 unspecified atom stereocenters. The molecule has 21 nitrogen and oxygen atoms in total. The highest BCUT2D eigenvalue weighted by atomic mass is 16.5. The van der Waals surface area contributed by atoms with Gasteiger partial charge in [0, 0.05) is 0 Å². The Morgan fingerprint density at radius 2 is 0.345 bits per heavy atom. The fraction of sp³-hybridized carbons (Fsp3) is 0.331. The summed E-state index contributed by atoms with van der Waals surface area (Å²) < 4.78 is 36.8. The summed E-state index contributed by atoms with van der Waals surface area (Å²) in [5.41, 5.74) is 6.59. The van der Waals surface area contributed by atoms with E-state index in [-0.39, 0.29) is 106 Å². The Labute approximate surface area is 833 Å². The topological polar surface area (TPSA) is 269 Å². The number of nitrogens with zero attached hydrogens (tertiary/aromatic N) is 3. The van der Waals surface area contributed by atoms with E-state index in [1.54, 1.807) is 54.6 Å². The van der Waals surface area contributed by atoms with Gasteiger partial charge in [0.2, 0.25) is 0 Å². The number of fused-ring (bicyclic) bond motifs is 6. The van der Waals surface area contributed by atoms with Crippen molar-refractivity contribution in [2.75, 3.05) is 39.6 Å². The molecule has 15 rings (SSSR count). The Bertz CT molecular complexity index is 6480. The number of rotatable bonds is 52. The molecule has 0 fully saturated rings. The predicted molar refractivity (Wildman–Crippen MR) is 568 cm³/mol. The number of aromatic nitrogens is 3. The maximum absolute atomic E-state index is 13.7. The Morgan fingerprint density at radius 1 is 0.197 bits per heavy atom. The Balaban J connectivity index is 0.406. The van der Waals surface area contributed by atoms with E-state index in [1.165, 1.54) is 38.5 Å². The third kappa shape index (κ3) is 28.8. The van der Waals surface area contributed by atoms with Crippen LogP contribution in [0.15, 0.2) is 273 Å². The third-order valence-electron chi connectivity index (χ3n) is 26.4. The van der Waals surface area contributed by atoms with E-state index in [0.29, 0.717) is 39.6 Å². The van der Waals surface area contributed by atoms with Gasteiger partial charge in [-0.05, 0) is 324 Å². The molecule has 21 heteroatoms. The molecule has 15 aromatic rings. The largest absolute Gasteiger partial charge is 0.494 e. The van der Waals surface area contributed by atoms with Crippen molar-refractivity contribution in [3.63, 3.8) is 0 Å². The average Bonchev–Trinajstić information content (AvgIpc) is 0.826. The number of hydrogen-bond acceptors (Lipinski definition) is 15. The Kier molecular flexibility index (Phi) is 36.5. The van der Waals surface area contributed by atoms with Crippen LogP contribution >= 0.6 is 0 Å². The lowest BCUT2D eigenvalue weighted by Gasteiger charge is -2.17. The fourth-order valence-electron chi connectivity index (χ4n) is 17.8. The molecule has 142 heavy (non-hydrogen) atoms. The van der Waals surface area contributed by atoms with Crippen LogP contribution < -0.4 is 60.3 Å². The fourth-order valence-corrected chi connectivity index (χ4v) is 17.8. The zero-order chi connectivity index (χ0) is 99.1. The van der Waals surface area contributed by atoms with Crippen LogP contribution in [0.5, 0.6) is 34.5 Å². The summed E-state index contributed by atoms with van der Waals surface area (Å²) in [6.45, 7) is 19.9. The Morgan fingerprint density at radius 3 is 0.514 bits per heavy atom. The van der Waals surface area contributed by atoms with E-state index in [0.717, 1.165) is 222 Å². The summed E-state index contributed by atoms with van der Waals surface area (Å²) in [5, 5.41) is 31.0. The van der Waals surface area contributed by atoms with Gasteiger partial charge in [-0.1, -0.05) is 231 Å². The Hall–Kier alpha value is -14.7. The monoisotopic (exact) mass is 1900 g/mol. The van der Waals surface area contributed by atoms with Crippen LogP contribution in [-0.4, -0.2) is 90.0 Å². The number of unbranched alkanes of at least 4 members (excludes halogenated alkanes) is 16. The van der Waals surface area contributed by atoms with E-state index in [1.807, 2.05) is 163 Å². The maximum Gasteiger partial charge on any atom is 0.270 e. The molecule has 0 saturated carbocycles. The first-order valence-electron chi connectivity index (χ1n) is 51.0. The van der Waals surface area contributed by atoms with E-state index in [2.05, 4.69) is 158 Å². The molecular weight excluding hydrogens is 1770 g/mol. The summed E-state index contributed by atoms with van der Waals surface area (Å²) in [6, 6.07) is 86.2. The molecule has 0 aliphatic rings. The van der Waals surface area contributed by atoms with E-state index in [4.69, 9.17) is 28.4 Å². The molecule has 12 aromatic carbocycles. The highest BCUT2D eigenvalue weighted by Crippen LogP contribution is 2.34. The second kappa shape index (κ2) is 50.9. The summed E-state index contributed by atoms with van der Waals surface area (Å²) in [5.74, 6) is 2.74. The van der Waals surface area contributed by atoms with Crippen LogP contribution in [0.2, 0.25) is 0 Å². The normalized spacial score (nSPS) is 12.7. The van der Waals surface area contributed by atoms with Gasteiger partial charge in [-0.2, -0.15) is 0 Å². The molecule has 6 N–H and O–H groups in total. The lowest BCUT2D eigenvalue weighted by Crippen LogP contribution is -2.30. The number of nitrogens with one attached hydrogen (secondary N) is 6. The number of pyridine rings is 3. The highest BCUT2D eigenvalue weighted by Gasteiger charge is 2.24. The van der Waals surface area contributed by atoms with Gasteiger partial charge < -0.3 is 60.3 Å². The van der Waals surface area contributed by atoms with Crippen LogP contribution in [0.3, 0.4) is 0 Å². The van der Waals surface area contributed by atoms with Gasteiger partial charge in [-0.25, -0.2) is 15.0 Å². The van der Waals surface area contributed by atoms with Crippen LogP contribution in [0, 0.1) is 0 Å². The summed E-state index contributed by atoms with van der Waals surface area (Å²) >= 11 is 0. The maximum atomic E-state index is 13.7. The molecule has 3 aromatic heterocycles. The van der Waals surface area contributed by atoms with Crippen molar-refractivity contribution in [3.8, 4) is 34.5 Å². The zero-order valence-electron chi connectivity index (χ0n) is 83.1. The van der Waals surface area contributed by atoms with E-state index < -0.39 is 0 Å². The predicted octanol–water partition coefficient (Wildman–Crippen LogP) is 27.3. The van der Waals surface area contributed by atoms with Crippen molar-refractivity contribution >= 4 is 100 Å². The molecule has 0 radical (unpaired) electrons. The molecule has 6 amide bonds. The number of ether oxygens (including phenoxy) is 6. The lowest BCUT2D eigenvalue weighted by molar-refractivity contribution is 0.0914. The quantitative estimate of drug-likeness (QED) is 0.0194. The second-order valence-corrected chi connectivity index (χ2v) is 37.5. The van der Waals surface area contributed by atoms with E-state index in [9.17, 15) is 28.8 Å². The number of amides is 6. The molecule has 0 spiro atoms. The molecule has 734 valence electrons. The van der Waals surface area contributed by atoms with Crippen LogP contribution in [0.25, 0.3) is 64.6 Å². The molecular formula is C121H133N9O12. The summed E-state index contributed by atoms with van der Waals surface area (Å²) in [6.07, 6.45) is 21.8. The van der Waals surface area contributed by atoms with Gasteiger partial charge in [0.15, 0.2) is 0 Å². The van der Waals surface area contributed by atoms with Gasteiger partial charge in [0.05, 0.1) is 75.9 Å². The molecule has 0 bridgehead atoms. The minimum absolute atomic E-state index is 0.146. The van der Waals surface area contributed by atoms with Gasteiger partial charge in [-0.15, -0.1) is 0 Å². The summed E-state index contributed by atoms with van der Waals surface area (Å²) in [4.78, 5) is 94.9. The first-order chi connectivity index (χ1) is 69.2. The summed E-state index contributed by atoms with van der Waals surface area (Å²) in [7, 11) is 0. The first kappa shape index (κ1) is 102. The molecule has 0 aliphatic carbocycles. The van der Waals surface area contributed by atoms with Gasteiger partial charge in [-0.3, -0.25) is 28.8 Å². The average molecular weight is 1910 g/mol. The van der Waals surface area contributed by atoms with Crippen molar-refractivity contribution in [3.05, 3.63) is 341 Å². The smallest absolute Gasteiger partial charge is 0.270 e. The number of carbonyl (C=O) groups is 6. The van der Waals surface area contributed by atoms with Crippen LogP contribution in [0.1, 0.15) is 316 Å². The van der Waals surface area contributed by atoms with Gasteiger partial charge in [0.25, 0.3) is 35.4 Å². The highest BCUT2D eigenvalue weighted by molar-refractivity contribution is 6.00. The zero-order valence-corrected chi connectivity index (χ0v) is 83.1. The standard InChI is InChI=1S/C121H133N9O12/c1-9-11-13-23-62-137-104-56-50-92-68-86(38-44-98(92)74-104)80(3)122-116(131)110-32-29-34-112(128-110)118(133)124-82(5)88-40-46-100-76-106(58-52-94(100)70-88)139-64-25-19-15-17-21-27-66-141-108-60-54-96-72-90(42-48-102(96)78-108)84(7)126-120(135)114-36-31-37-115(130-114)121(136)127-85(8)91-43-49-103-79-109(61-55-97(103)73-91)142-67-28-22-18-16-20-26-65-140-107-59-53-95-71-89(41-47-101(95)77-107)83(6)125-119(134)113-35-30-33-111(129-113)117(132)123-81(4)87-39-45-99-75-105(57-51-93(99)69-87)138-63-24-14-12-10-2/h29-61,68-85H,9-28,62-67H2,1-8H3,(H,122,131)(H,123,132)(H,124,133)(H,125,134)(H,126,135)(H,127,136)/t80-,81-,82-,83-,84-,85-/m1/s1. The van der Waals surface area contributed by atoms with Crippen molar-refractivity contribution < 1.29 is 57.2 Å². The van der Waals surface area contributed by atoms with Crippen molar-refractivity contribution in [1.82, 2.24) is 46.9 Å². The van der Waals surface area contributed by atoms with Crippen LogP contribution in [0.4, 0.5) is 0 Å². The van der Waals surface area contributed by atoms with Gasteiger partial charge in [0.1, 0.15) is 68.7 Å². The molecule has 6 atom stereocenters. The minimum Gasteiger partial charge on any atom is -0.494 e. The second-order valence-electron chi connectivity index (χ2n) is 37.5. The molecule has 3 heterocycles. The minimum atomic E-state index is -0.384. The van der Waals surface area contributed by atoms with Gasteiger partial charge >= 0.3 is 0 Å². The first-order valence-corrected chi connectivity index (χ1v) is 51.0. The number of benzene rings is 12. The van der Waals surface area contributed by atoms with Crippen molar-refractivity contribution in [2.45, 2.75) is 220 Å². The van der Waals surface area contributed by atoms with Crippen LogP contribution in [-0.2, 0) is 0 Å². The number of carbonyl (C=O) groups excluding carboxylic acids is 6. The van der Waals surface area contributed by atoms with E-state index >= 15 is 0 Å². The number of hydrogen-bond donors (Lipinski definition) is 6. The lowest BCUT2D eigenvalue weighted by atomic mass is 10.0. The van der Waals surface area contributed by atoms with Crippen molar-refractivity contribution in [2.24, 2.45) is 0 Å². The molecule has 0 saturated heterocycles. The SMILES string of the molecule is CCCCCCOc1ccc2cc([C@@H](C)NC(=O)c3cccc(C(=O)N[C@H](C)c4ccc5cc(OCCCCCCCCOc6ccc7cc([C@@H](C)NC(=O)c8cccc(C(=O)N[C@H](C)c9ccc%10cc(OCCCCCCCCOc%11ccc%12cc([C@@H](C)NC(=O)c%13cccc(C(=O)N[C@H](C)c%14ccc%15cc(OCCCCCC)ccc%15c%14)n%13)ccc%12c%11)ccc%10c9)n8)ccc7c6)ccc5c4)n3)ccc2c1. The third-order valence-corrected chi connectivity index (χ3v) is 26.4. The van der Waals surface area contributed by atoms with Crippen molar-refractivity contribution in [1.29, 1.82) is 0 Å². The molecule has 0 aliphatic heterocycles.